The van der Waals surface area contributed by atoms with Crippen LogP contribution in [0.25, 0.3) is 0 Å². The Kier molecular flexibility index (Phi) is 9.26. The third-order valence-corrected chi connectivity index (χ3v) is 6.19. The molecule has 7 heteroatoms. The van der Waals surface area contributed by atoms with E-state index in [-0.39, 0.29) is 24.9 Å². The lowest BCUT2D eigenvalue weighted by Crippen LogP contribution is -2.46. The van der Waals surface area contributed by atoms with Crippen LogP contribution >= 0.6 is 0 Å². The van der Waals surface area contributed by atoms with Crippen molar-refractivity contribution in [3.63, 3.8) is 0 Å². The Bertz CT molecular complexity index is 761. The molecule has 32 heavy (non-hydrogen) atoms. The zero-order valence-corrected chi connectivity index (χ0v) is 19.0. The fourth-order valence-electron chi connectivity index (χ4n) is 4.15. The normalized spacial score (nSPS) is 24.3. The summed E-state index contributed by atoms with van der Waals surface area (Å²) in [4.78, 5) is 26.5. The van der Waals surface area contributed by atoms with E-state index in [1.54, 1.807) is 6.92 Å². The molecule has 0 spiro atoms. The second kappa shape index (κ2) is 12.1. The number of allylic oxidation sites excluding steroid dienone is 1. The van der Waals surface area contributed by atoms with E-state index >= 15 is 0 Å². The van der Waals surface area contributed by atoms with Crippen molar-refractivity contribution in [2.24, 2.45) is 11.8 Å². The largest absolute Gasteiger partial charge is 0.447 e. The molecule has 1 aromatic rings. The van der Waals surface area contributed by atoms with Crippen LogP contribution in [0.5, 0.6) is 0 Å². The van der Waals surface area contributed by atoms with Crippen LogP contribution in [-0.2, 0) is 25.4 Å². The van der Waals surface area contributed by atoms with E-state index in [0.717, 1.165) is 31.4 Å². The average Bonchev–Trinajstić information content (AvgIpc) is 3.18. The number of hydrogen-bond donors (Lipinski definition) is 1. The van der Waals surface area contributed by atoms with Gasteiger partial charge in [-0.15, -0.1) is 0 Å². The highest BCUT2D eigenvalue weighted by atomic mass is 16.7. The van der Waals surface area contributed by atoms with E-state index < -0.39 is 24.0 Å². The molecule has 2 aliphatic rings. The Morgan fingerprint density at radius 3 is 2.75 bits per heavy atom. The lowest BCUT2D eigenvalue weighted by atomic mass is 9.89. The van der Waals surface area contributed by atoms with Gasteiger partial charge in [-0.2, -0.15) is 0 Å². The van der Waals surface area contributed by atoms with Crippen LogP contribution in [0.4, 0.5) is 4.79 Å². The van der Waals surface area contributed by atoms with Gasteiger partial charge in [-0.25, -0.2) is 9.69 Å². The minimum absolute atomic E-state index is 0.127. The molecule has 0 radical (unpaired) electrons. The summed E-state index contributed by atoms with van der Waals surface area (Å²) in [7, 11) is 0. The molecular weight excluding hydrogens is 410 g/mol. The van der Waals surface area contributed by atoms with Gasteiger partial charge in [0.05, 0.1) is 24.7 Å². The van der Waals surface area contributed by atoms with Crippen molar-refractivity contribution in [2.75, 3.05) is 19.8 Å². The molecule has 2 fully saturated rings. The molecule has 2 heterocycles. The number of aliphatic hydroxyl groups excluding tert-OH is 1. The molecule has 0 aromatic heterocycles. The van der Waals surface area contributed by atoms with Gasteiger partial charge in [0.2, 0.25) is 5.91 Å². The predicted molar refractivity (Wildman–Crippen MR) is 120 cm³/mol. The van der Waals surface area contributed by atoms with E-state index in [1.165, 1.54) is 4.90 Å². The Morgan fingerprint density at radius 1 is 1.25 bits per heavy atom. The van der Waals surface area contributed by atoms with Crippen molar-refractivity contribution in [3.8, 4) is 0 Å². The fourth-order valence-corrected chi connectivity index (χ4v) is 4.15. The lowest BCUT2D eigenvalue weighted by Gasteiger charge is -2.28. The van der Waals surface area contributed by atoms with E-state index in [2.05, 4.69) is 0 Å². The molecule has 0 aliphatic carbocycles. The fraction of sp³-hybridized carbons (Fsp3) is 0.600. The number of aliphatic hydroxyl groups is 1. The quantitative estimate of drug-likeness (QED) is 0.553. The topological polar surface area (TPSA) is 85.3 Å². The van der Waals surface area contributed by atoms with Crippen molar-refractivity contribution >= 4 is 12.0 Å². The van der Waals surface area contributed by atoms with Crippen molar-refractivity contribution in [3.05, 3.63) is 48.0 Å². The Balaban J connectivity index is 1.48. The number of hydrogen-bond acceptors (Lipinski definition) is 6. The van der Waals surface area contributed by atoms with E-state index in [4.69, 9.17) is 14.2 Å². The predicted octanol–water partition coefficient (Wildman–Crippen LogP) is 3.70. The molecule has 7 nitrogen and oxygen atoms in total. The molecule has 2 amide bonds. The average molecular weight is 446 g/mol. The minimum Gasteiger partial charge on any atom is -0.447 e. The number of imide groups is 1. The molecule has 2 saturated heterocycles. The van der Waals surface area contributed by atoms with Gasteiger partial charge in [0.25, 0.3) is 0 Å². The molecule has 176 valence electrons. The van der Waals surface area contributed by atoms with Crippen LogP contribution < -0.4 is 0 Å². The second-order valence-electron chi connectivity index (χ2n) is 8.72. The molecule has 3 rings (SSSR count). The monoisotopic (exact) mass is 445 g/mol. The van der Waals surface area contributed by atoms with Crippen LogP contribution in [0.1, 0.15) is 45.1 Å². The molecule has 5 atom stereocenters. The maximum atomic E-state index is 13.1. The first-order valence-corrected chi connectivity index (χ1v) is 11.6. The number of nitrogens with zero attached hydrogens (tertiary/aromatic N) is 1. The van der Waals surface area contributed by atoms with Gasteiger partial charge in [-0.1, -0.05) is 56.3 Å². The summed E-state index contributed by atoms with van der Waals surface area (Å²) in [5, 5.41) is 10.8. The van der Waals surface area contributed by atoms with Crippen LogP contribution in [0.3, 0.4) is 0 Å². The summed E-state index contributed by atoms with van der Waals surface area (Å²) in [6.07, 6.45) is 6.51. The molecule has 0 bridgehead atoms. The van der Waals surface area contributed by atoms with Crippen LogP contribution in [0.15, 0.2) is 42.5 Å². The molecule has 0 saturated carbocycles. The number of carbonyl (C=O) groups excluding carboxylic acids is 2. The molecule has 1 N–H and O–H groups in total. The summed E-state index contributed by atoms with van der Waals surface area (Å²) in [5.74, 6) is -1.26. The minimum atomic E-state index is -0.875. The molecule has 1 aromatic carbocycles. The first kappa shape index (κ1) is 24.4. The van der Waals surface area contributed by atoms with Gasteiger partial charge in [0.1, 0.15) is 6.61 Å². The van der Waals surface area contributed by atoms with E-state index in [0.29, 0.717) is 19.4 Å². The summed E-state index contributed by atoms with van der Waals surface area (Å²) >= 11 is 0. The Hall–Kier alpha value is -2.22. The first-order chi connectivity index (χ1) is 15.5. The third-order valence-electron chi connectivity index (χ3n) is 6.19. The van der Waals surface area contributed by atoms with Gasteiger partial charge in [0.15, 0.2) is 6.29 Å². The maximum Gasteiger partial charge on any atom is 0.416 e. The van der Waals surface area contributed by atoms with Crippen LogP contribution in [-0.4, -0.2) is 60.3 Å². The molecule has 2 aliphatic heterocycles. The van der Waals surface area contributed by atoms with Gasteiger partial charge in [-0.3, -0.25) is 4.79 Å². The lowest BCUT2D eigenvalue weighted by molar-refractivity contribution is -0.155. The standard InChI is InChI=1S/C25H35NO6/c1-18(10-6-8-14-30-22-13-7-9-15-31-22)23(27)19(2)24(28)26-21(17-32-25(26)29)16-20-11-4-3-5-12-20/h3-6,8,11-12,18-19,21-23,27H,7,9-10,13-17H2,1-2H3/b8-6-/t18-,19+,21+,22?,23-/m1/s1. The number of benzene rings is 1. The zero-order chi connectivity index (χ0) is 22.9. The van der Waals surface area contributed by atoms with Gasteiger partial charge >= 0.3 is 6.09 Å². The van der Waals surface area contributed by atoms with Crippen molar-refractivity contribution in [1.82, 2.24) is 4.90 Å². The van der Waals surface area contributed by atoms with Gasteiger partial charge in [0, 0.05) is 6.61 Å². The highest BCUT2D eigenvalue weighted by Gasteiger charge is 2.41. The number of rotatable bonds is 10. The second-order valence-corrected chi connectivity index (χ2v) is 8.72. The van der Waals surface area contributed by atoms with Crippen molar-refractivity contribution < 1.29 is 28.9 Å². The highest BCUT2D eigenvalue weighted by Crippen LogP contribution is 2.24. The van der Waals surface area contributed by atoms with E-state index in [1.807, 2.05) is 49.4 Å². The number of cyclic esters (lactones) is 1. The molecular formula is C25H35NO6. The van der Waals surface area contributed by atoms with Crippen molar-refractivity contribution in [1.29, 1.82) is 0 Å². The van der Waals surface area contributed by atoms with E-state index in [9.17, 15) is 14.7 Å². The van der Waals surface area contributed by atoms with Gasteiger partial charge in [-0.05, 0) is 43.6 Å². The first-order valence-electron chi connectivity index (χ1n) is 11.6. The number of ether oxygens (including phenoxy) is 3. The summed E-state index contributed by atoms with van der Waals surface area (Å²) in [6, 6.07) is 9.33. The summed E-state index contributed by atoms with van der Waals surface area (Å²) in [6.45, 7) is 4.95. The zero-order valence-electron chi connectivity index (χ0n) is 19.0. The van der Waals surface area contributed by atoms with Crippen LogP contribution in [0, 0.1) is 11.8 Å². The maximum absolute atomic E-state index is 13.1. The highest BCUT2D eigenvalue weighted by molar-refractivity contribution is 5.95. The summed E-state index contributed by atoms with van der Waals surface area (Å²) in [5.41, 5.74) is 1.03. The Morgan fingerprint density at radius 2 is 2.03 bits per heavy atom. The van der Waals surface area contributed by atoms with Crippen LogP contribution in [0.2, 0.25) is 0 Å². The number of amides is 2. The molecule has 1 unspecified atom stereocenters. The summed E-state index contributed by atoms with van der Waals surface area (Å²) < 4.78 is 16.3. The van der Waals surface area contributed by atoms with Crippen molar-refractivity contribution in [2.45, 2.75) is 64.4 Å². The third kappa shape index (κ3) is 6.64. The SMILES string of the molecule is C[C@H](C/C=C\COC1CCCCO1)[C@@H](O)[C@H](C)C(=O)N1C(=O)OC[C@@H]1Cc1ccccc1. The number of carbonyl (C=O) groups is 2. The smallest absolute Gasteiger partial charge is 0.416 e. The van der Waals surface area contributed by atoms with Gasteiger partial charge < -0.3 is 19.3 Å². The Labute approximate surface area is 190 Å².